The van der Waals surface area contributed by atoms with E-state index in [1.807, 2.05) is 36.4 Å². The number of benzene rings is 1. The Bertz CT molecular complexity index is 880. The van der Waals surface area contributed by atoms with Gasteiger partial charge in [-0.15, -0.1) is 0 Å². The Morgan fingerprint density at radius 1 is 1.18 bits per heavy atom. The molecule has 1 aliphatic heterocycles. The summed E-state index contributed by atoms with van der Waals surface area (Å²) in [5, 5.41) is 5.79. The van der Waals surface area contributed by atoms with E-state index in [1.54, 1.807) is 6.07 Å². The van der Waals surface area contributed by atoms with Crippen molar-refractivity contribution in [2.24, 2.45) is 0 Å². The Hall–Kier alpha value is -2.71. The summed E-state index contributed by atoms with van der Waals surface area (Å²) in [5.74, 6) is 1.34. The first-order valence-electron chi connectivity index (χ1n) is 11.4. The van der Waals surface area contributed by atoms with Crippen LogP contribution in [0.25, 0.3) is 0 Å². The van der Waals surface area contributed by atoms with E-state index in [0.717, 1.165) is 19.6 Å². The van der Waals surface area contributed by atoms with Crippen molar-refractivity contribution in [3.8, 4) is 5.75 Å². The molecule has 1 unspecified atom stereocenters. The third-order valence-corrected chi connectivity index (χ3v) is 6.17. The van der Waals surface area contributed by atoms with Gasteiger partial charge in [0.1, 0.15) is 12.0 Å². The number of amides is 2. The van der Waals surface area contributed by atoms with E-state index in [-0.39, 0.29) is 17.6 Å². The van der Waals surface area contributed by atoms with Crippen LogP contribution in [0.4, 0.5) is 0 Å². The maximum absolute atomic E-state index is 12.5. The highest BCUT2D eigenvalue weighted by Crippen LogP contribution is 2.14. The molecule has 1 fully saturated rings. The lowest BCUT2D eigenvalue weighted by Gasteiger charge is -2.27. The van der Waals surface area contributed by atoms with Crippen molar-refractivity contribution in [3.63, 3.8) is 0 Å². The lowest BCUT2D eigenvalue weighted by atomic mass is 10.1. The molecule has 8 heteroatoms. The van der Waals surface area contributed by atoms with Gasteiger partial charge in [-0.3, -0.25) is 14.5 Å². The van der Waals surface area contributed by atoms with E-state index in [2.05, 4.69) is 22.5 Å². The first-order valence-corrected chi connectivity index (χ1v) is 12.5. The Balaban J connectivity index is 1.45. The fourth-order valence-electron chi connectivity index (χ4n) is 3.63. The van der Waals surface area contributed by atoms with Gasteiger partial charge in [-0.1, -0.05) is 30.2 Å². The van der Waals surface area contributed by atoms with Crippen molar-refractivity contribution in [2.75, 3.05) is 37.7 Å². The third kappa shape index (κ3) is 9.35. The number of nitrogens with one attached hydrogen (secondary N) is 2. The lowest BCUT2D eigenvalue weighted by Crippen LogP contribution is -2.39. The first kappa shape index (κ1) is 24.9. The zero-order valence-corrected chi connectivity index (χ0v) is 19.9. The number of furan rings is 1. The Morgan fingerprint density at radius 3 is 2.70 bits per heavy atom. The van der Waals surface area contributed by atoms with Gasteiger partial charge in [-0.2, -0.15) is 11.8 Å². The molecule has 2 aromatic rings. The number of para-hydroxylation sites is 1. The predicted octanol–water partition coefficient (Wildman–Crippen LogP) is 3.70. The average Bonchev–Trinajstić information content (AvgIpc) is 3.35. The van der Waals surface area contributed by atoms with Crippen molar-refractivity contribution >= 4 is 23.6 Å². The number of carbonyl (C=O) groups excluding carboxylic acids is 2. The van der Waals surface area contributed by atoms with E-state index in [4.69, 9.17) is 9.15 Å². The molecule has 0 saturated carbocycles. The van der Waals surface area contributed by atoms with Crippen LogP contribution in [0.15, 0.2) is 65.0 Å². The molecule has 2 N–H and O–H groups in total. The normalized spacial score (nSPS) is 15.6. The van der Waals surface area contributed by atoms with Crippen LogP contribution >= 0.6 is 11.8 Å². The molecule has 1 aromatic heterocycles. The number of piperidine rings is 1. The smallest absolute Gasteiger partial charge is 0.254 e. The minimum atomic E-state index is -0.536. The van der Waals surface area contributed by atoms with Gasteiger partial charge in [0.05, 0.1) is 17.6 Å². The molecule has 0 bridgehead atoms. The van der Waals surface area contributed by atoms with E-state index in [0.29, 0.717) is 23.6 Å². The fraction of sp³-hybridized carbons (Fsp3) is 0.440. The summed E-state index contributed by atoms with van der Waals surface area (Å²) < 4.78 is 10.9. The van der Waals surface area contributed by atoms with Gasteiger partial charge in [0.2, 0.25) is 5.91 Å². The molecular formula is C25H33N3O4S. The maximum Gasteiger partial charge on any atom is 0.254 e. The molecule has 33 heavy (non-hydrogen) atoms. The number of hydrogen-bond acceptors (Lipinski definition) is 6. The van der Waals surface area contributed by atoms with Crippen molar-refractivity contribution in [3.05, 3.63) is 66.1 Å². The molecule has 3 rings (SSSR count). The summed E-state index contributed by atoms with van der Waals surface area (Å²) in [6.45, 7) is 5.68. The largest absolute Gasteiger partial charge is 0.472 e. The van der Waals surface area contributed by atoms with Crippen LogP contribution in [0.5, 0.6) is 5.75 Å². The Labute approximate surface area is 199 Å². The summed E-state index contributed by atoms with van der Waals surface area (Å²) in [5.41, 5.74) is 1.66. The maximum atomic E-state index is 12.5. The second-order valence-corrected chi connectivity index (χ2v) is 9.19. The van der Waals surface area contributed by atoms with Crippen LogP contribution in [0.1, 0.15) is 36.5 Å². The number of hydrogen-bond donors (Lipinski definition) is 2. The van der Waals surface area contributed by atoms with Crippen molar-refractivity contribution in [1.82, 2.24) is 15.5 Å². The summed E-state index contributed by atoms with van der Waals surface area (Å²) in [6, 6.07) is 11.1. The van der Waals surface area contributed by atoms with Gasteiger partial charge in [-0.05, 0) is 57.1 Å². The van der Waals surface area contributed by atoms with Crippen LogP contribution in [0.3, 0.4) is 0 Å². The van der Waals surface area contributed by atoms with E-state index >= 15 is 0 Å². The molecule has 0 spiro atoms. The number of likely N-dealkylation sites (tertiary alicyclic amines) is 1. The minimum Gasteiger partial charge on any atom is -0.472 e. The van der Waals surface area contributed by atoms with Gasteiger partial charge < -0.3 is 19.8 Å². The van der Waals surface area contributed by atoms with E-state index in [1.165, 1.54) is 49.1 Å². The standard InChI is InChI=1S/C25H33N3O4S/c1-20(17-28-12-6-3-7-13-28)16-24(32-22-8-4-2-5-9-22)27-23(29)19-33-15-11-26-25(30)21-10-14-31-18-21/h2,4-5,8-10,14,16,18,24H,3,6-7,11-13,15,17,19H2,1H3,(H,26,30)(H,27,29)/b20-16-. The highest BCUT2D eigenvalue weighted by molar-refractivity contribution is 7.99. The van der Waals surface area contributed by atoms with Crippen LogP contribution in [0.2, 0.25) is 0 Å². The van der Waals surface area contributed by atoms with Crippen LogP contribution in [-0.4, -0.2) is 60.6 Å². The molecule has 7 nitrogen and oxygen atoms in total. The van der Waals surface area contributed by atoms with Gasteiger partial charge in [-0.25, -0.2) is 0 Å². The number of rotatable bonds is 12. The summed E-state index contributed by atoms with van der Waals surface area (Å²) >= 11 is 1.46. The molecule has 2 heterocycles. The van der Waals surface area contributed by atoms with Gasteiger partial charge in [0.15, 0.2) is 6.23 Å². The van der Waals surface area contributed by atoms with Crippen molar-refractivity contribution in [1.29, 1.82) is 0 Å². The number of carbonyl (C=O) groups is 2. The van der Waals surface area contributed by atoms with Crippen LogP contribution in [-0.2, 0) is 4.79 Å². The zero-order valence-electron chi connectivity index (χ0n) is 19.1. The lowest BCUT2D eigenvalue weighted by molar-refractivity contribution is -0.120. The second kappa shape index (κ2) is 13.7. The number of ether oxygens (including phenoxy) is 1. The van der Waals surface area contributed by atoms with Crippen molar-refractivity contribution in [2.45, 2.75) is 32.4 Å². The molecule has 2 amide bonds. The molecule has 1 aliphatic rings. The number of thioether (sulfide) groups is 1. The quantitative estimate of drug-likeness (QED) is 0.279. The first-order chi connectivity index (χ1) is 16.1. The second-order valence-electron chi connectivity index (χ2n) is 8.09. The zero-order chi connectivity index (χ0) is 23.3. The predicted molar refractivity (Wildman–Crippen MR) is 131 cm³/mol. The van der Waals surface area contributed by atoms with Crippen LogP contribution in [0, 0.1) is 0 Å². The Morgan fingerprint density at radius 2 is 1.97 bits per heavy atom. The SMILES string of the molecule is C/C(=C/C(NC(=O)CSCCNC(=O)c1ccoc1)Oc1ccccc1)CN1CCCCC1. The van der Waals surface area contributed by atoms with Gasteiger partial charge in [0.25, 0.3) is 5.91 Å². The molecule has 0 radical (unpaired) electrons. The molecule has 0 aliphatic carbocycles. The molecule has 1 saturated heterocycles. The third-order valence-electron chi connectivity index (χ3n) is 5.22. The minimum absolute atomic E-state index is 0.107. The fourth-order valence-corrected chi connectivity index (χ4v) is 4.29. The molecule has 1 atom stereocenters. The average molecular weight is 472 g/mol. The summed E-state index contributed by atoms with van der Waals surface area (Å²) in [4.78, 5) is 26.9. The highest BCUT2D eigenvalue weighted by Gasteiger charge is 2.15. The number of nitrogens with zero attached hydrogens (tertiary/aromatic N) is 1. The highest BCUT2D eigenvalue weighted by atomic mass is 32.2. The summed E-state index contributed by atoms with van der Waals surface area (Å²) in [7, 11) is 0. The van der Waals surface area contributed by atoms with E-state index in [9.17, 15) is 9.59 Å². The van der Waals surface area contributed by atoms with E-state index < -0.39 is 6.23 Å². The van der Waals surface area contributed by atoms with Gasteiger partial charge in [0, 0.05) is 18.8 Å². The summed E-state index contributed by atoms with van der Waals surface area (Å²) in [6.07, 6.45) is 8.12. The van der Waals surface area contributed by atoms with Crippen LogP contribution < -0.4 is 15.4 Å². The molecule has 178 valence electrons. The van der Waals surface area contributed by atoms with Crippen molar-refractivity contribution < 1.29 is 18.7 Å². The monoisotopic (exact) mass is 471 g/mol. The topological polar surface area (TPSA) is 83.8 Å². The Kier molecular flexibility index (Phi) is 10.4. The molecular weight excluding hydrogens is 438 g/mol. The van der Waals surface area contributed by atoms with Gasteiger partial charge >= 0.3 is 0 Å². The molecule has 1 aromatic carbocycles.